The molecule has 0 amide bonds. The van der Waals surface area contributed by atoms with E-state index in [0.29, 0.717) is 32.0 Å². The van der Waals surface area contributed by atoms with Gasteiger partial charge in [-0.3, -0.25) is 4.99 Å². The SMILES string of the molecule is CCNC(=NCCCOc1ccccc1)NCCc1nc(C(C)C)no1.I. The van der Waals surface area contributed by atoms with Crippen molar-refractivity contribution in [3.8, 4) is 5.75 Å². The van der Waals surface area contributed by atoms with Crippen LogP contribution < -0.4 is 15.4 Å². The minimum Gasteiger partial charge on any atom is -0.494 e. The van der Waals surface area contributed by atoms with Crippen LogP contribution in [0, 0.1) is 0 Å². The van der Waals surface area contributed by atoms with Gasteiger partial charge in [-0.2, -0.15) is 4.98 Å². The van der Waals surface area contributed by atoms with E-state index in [2.05, 4.69) is 25.8 Å². The lowest BCUT2D eigenvalue weighted by molar-refractivity contribution is 0.313. The van der Waals surface area contributed by atoms with Crippen molar-refractivity contribution in [1.82, 2.24) is 20.8 Å². The van der Waals surface area contributed by atoms with Crippen molar-refractivity contribution in [3.63, 3.8) is 0 Å². The molecule has 0 aliphatic rings. The third kappa shape index (κ3) is 9.07. The van der Waals surface area contributed by atoms with Gasteiger partial charge < -0.3 is 19.9 Å². The molecule has 0 saturated carbocycles. The molecule has 2 N–H and O–H groups in total. The molecule has 1 aromatic carbocycles. The topological polar surface area (TPSA) is 84.6 Å². The largest absolute Gasteiger partial charge is 0.494 e. The zero-order chi connectivity index (χ0) is 18.6. The molecule has 2 aromatic rings. The quantitative estimate of drug-likeness (QED) is 0.232. The van der Waals surface area contributed by atoms with E-state index in [1.165, 1.54) is 0 Å². The minimum atomic E-state index is 0. The lowest BCUT2D eigenvalue weighted by Gasteiger charge is -2.10. The first-order valence-corrected chi connectivity index (χ1v) is 9.21. The molecule has 27 heavy (non-hydrogen) atoms. The fourth-order valence-electron chi connectivity index (χ4n) is 2.20. The van der Waals surface area contributed by atoms with Crippen LogP contribution in [0.4, 0.5) is 0 Å². The Balaban J connectivity index is 0.00000364. The molecule has 0 aliphatic carbocycles. The Hall–Kier alpha value is -1.84. The second-order valence-corrected chi connectivity index (χ2v) is 6.15. The minimum absolute atomic E-state index is 0. The standard InChI is InChI=1S/C19H29N5O2.HI/c1-4-20-19(21-12-8-14-25-16-9-6-5-7-10-16)22-13-11-17-23-18(15(2)3)24-26-17;/h5-7,9-10,15H,4,8,11-14H2,1-3H3,(H2,20,21,22);1H. The first kappa shape index (κ1) is 23.2. The number of nitrogens with one attached hydrogen (secondary N) is 2. The summed E-state index contributed by atoms with van der Waals surface area (Å²) in [5.41, 5.74) is 0. The Morgan fingerprint density at radius 2 is 2.00 bits per heavy atom. The number of hydrogen-bond acceptors (Lipinski definition) is 5. The van der Waals surface area contributed by atoms with Gasteiger partial charge in [0.2, 0.25) is 5.89 Å². The highest BCUT2D eigenvalue weighted by Gasteiger charge is 2.09. The summed E-state index contributed by atoms with van der Waals surface area (Å²) in [7, 11) is 0. The normalized spacial score (nSPS) is 11.2. The summed E-state index contributed by atoms with van der Waals surface area (Å²) in [6, 6.07) is 9.82. The second-order valence-electron chi connectivity index (χ2n) is 6.15. The number of guanidine groups is 1. The molecule has 2 rings (SSSR count). The number of ether oxygens (including phenoxy) is 1. The van der Waals surface area contributed by atoms with Gasteiger partial charge in [0, 0.05) is 38.4 Å². The molecule has 7 nitrogen and oxygen atoms in total. The monoisotopic (exact) mass is 487 g/mol. The molecular weight excluding hydrogens is 457 g/mol. The number of aliphatic imine (C=N–C) groups is 1. The highest BCUT2D eigenvalue weighted by atomic mass is 127. The van der Waals surface area contributed by atoms with Gasteiger partial charge in [0.15, 0.2) is 11.8 Å². The van der Waals surface area contributed by atoms with Gasteiger partial charge in [0.05, 0.1) is 6.61 Å². The molecule has 0 unspecified atom stereocenters. The molecule has 1 heterocycles. The van der Waals surface area contributed by atoms with Crippen molar-refractivity contribution in [2.45, 2.75) is 39.5 Å². The highest BCUT2D eigenvalue weighted by molar-refractivity contribution is 14.0. The van der Waals surface area contributed by atoms with E-state index in [1.54, 1.807) is 0 Å². The molecular formula is C19H30IN5O2. The van der Waals surface area contributed by atoms with Crippen LogP contribution in [0.3, 0.4) is 0 Å². The first-order chi connectivity index (χ1) is 12.7. The average Bonchev–Trinajstić information content (AvgIpc) is 3.11. The van der Waals surface area contributed by atoms with Gasteiger partial charge in [-0.25, -0.2) is 0 Å². The van der Waals surface area contributed by atoms with Gasteiger partial charge in [0.1, 0.15) is 5.75 Å². The molecule has 150 valence electrons. The lowest BCUT2D eigenvalue weighted by atomic mass is 10.2. The van der Waals surface area contributed by atoms with Gasteiger partial charge in [-0.05, 0) is 19.1 Å². The third-order valence-corrected chi connectivity index (χ3v) is 3.56. The Kier molecular flexibility index (Phi) is 11.5. The molecule has 0 aliphatic heterocycles. The number of hydrogen-bond donors (Lipinski definition) is 2. The van der Waals surface area contributed by atoms with Crippen molar-refractivity contribution >= 4 is 29.9 Å². The number of halogens is 1. The second kappa shape index (κ2) is 13.3. The van der Waals surface area contributed by atoms with E-state index in [9.17, 15) is 0 Å². The van der Waals surface area contributed by atoms with Crippen molar-refractivity contribution in [2.24, 2.45) is 4.99 Å². The number of para-hydroxylation sites is 1. The predicted molar refractivity (Wildman–Crippen MR) is 118 cm³/mol. The molecule has 0 radical (unpaired) electrons. The Morgan fingerprint density at radius 3 is 2.67 bits per heavy atom. The maximum Gasteiger partial charge on any atom is 0.228 e. The van der Waals surface area contributed by atoms with E-state index >= 15 is 0 Å². The van der Waals surface area contributed by atoms with E-state index in [-0.39, 0.29) is 29.9 Å². The summed E-state index contributed by atoms with van der Waals surface area (Å²) in [4.78, 5) is 8.93. The Morgan fingerprint density at radius 1 is 1.22 bits per heavy atom. The van der Waals surface area contributed by atoms with Crippen LogP contribution in [0.1, 0.15) is 44.8 Å². The van der Waals surface area contributed by atoms with Crippen LogP contribution in [0.25, 0.3) is 0 Å². The summed E-state index contributed by atoms with van der Waals surface area (Å²) < 4.78 is 10.9. The molecule has 0 bridgehead atoms. The molecule has 0 atom stereocenters. The summed E-state index contributed by atoms with van der Waals surface area (Å²) in [5.74, 6) is 3.35. The molecule has 0 fully saturated rings. The van der Waals surface area contributed by atoms with E-state index in [0.717, 1.165) is 30.5 Å². The van der Waals surface area contributed by atoms with Crippen molar-refractivity contribution in [1.29, 1.82) is 0 Å². The Labute approximate surface area is 178 Å². The fraction of sp³-hybridized carbons (Fsp3) is 0.526. The maximum atomic E-state index is 5.67. The lowest BCUT2D eigenvalue weighted by Crippen LogP contribution is -2.38. The smallest absolute Gasteiger partial charge is 0.228 e. The maximum absolute atomic E-state index is 5.67. The zero-order valence-corrected chi connectivity index (χ0v) is 18.6. The van der Waals surface area contributed by atoms with Crippen LogP contribution in [0.5, 0.6) is 5.75 Å². The van der Waals surface area contributed by atoms with Crippen LogP contribution >= 0.6 is 24.0 Å². The number of aromatic nitrogens is 2. The number of nitrogens with zero attached hydrogens (tertiary/aromatic N) is 3. The van der Waals surface area contributed by atoms with E-state index in [4.69, 9.17) is 9.26 Å². The molecule has 1 aromatic heterocycles. The summed E-state index contributed by atoms with van der Waals surface area (Å²) >= 11 is 0. The number of benzene rings is 1. The van der Waals surface area contributed by atoms with E-state index in [1.807, 2.05) is 51.1 Å². The number of rotatable bonds is 10. The van der Waals surface area contributed by atoms with E-state index < -0.39 is 0 Å². The van der Waals surface area contributed by atoms with Gasteiger partial charge >= 0.3 is 0 Å². The van der Waals surface area contributed by atoms with Crippen molar-refractivity contribution in [2.75, 3.05) is 26.2 Å². The van der Waals surface area contributed by atoms with Crippen LogP contribution in [0.15, 0.2) is 39.8 Å². The fourth-order valence-corrected chi connectivity index (χ4v) is 2.20. The molecule has 8 heteroatoms. The summed E-state index contributed by atoms with van der Waals surface area (Å²) in [6.45, 7) is 8.97. The van der Waals surface area contributed by atoms with Crippen molar-refractivity contribution < 1.29 is 9.26 Å². The predicted octanol–water partition coefficient (Wildman–Crippen LogP) is 3.38. The average molecular weight is 487 g/mol. The first-order valence-electron chi connectivity index (χ1n) is 9.21. The third-order valence-electron chi connectivity index (χ3n) is 3.56. The van der Waals surface area contributed by atoms with Crippen LogP contribution in [0.2, 0.25) is 0 Å². The highest BCUT2D eigenvalue weighted by Crippen LogP contribution is 2.09. The van der Waals surface area contributed by atoms with Gasteiger partial charge in [-0.1, -0.05) is 37.2 Å². The van der Waals surface area contributed by atoms with Gasteiger partial charge in [0.25, 0.3) is 0 Å². The van der Waals surface area contributed by atoms with Crippen LogP contribution in [-0.4, -0.2) is 42.3 Å². The summed E-state index contributed by atoms with van der Waals surface area (Å²) in [5, 5.41) is 10.5. The summed E-state index contributed by atoms with van der Waals surface area (Å²) in [6.07, 6.45) is 1.52. The molecule has 0 saturated heterocycles. The zero-order valence-electron chi connectivity index (χ0n) is 16.3. The van der Waals surface area contributed by atoms with Crippen LogP contribution in [-0.2, 0) is 6.42 Å². The molecule has 0 spiro atoms. The Bertz CT molecular complexity index is 661. The van der Waals surface area contributed by atoms with Gasteiger partial charge in [-0.15, -0.1) is 24.0 Å². The van der Waals surface area contributed by atoms with Crippen molar-refractivity contribution in [3.05, 3.63) is 42.0 Å².